The van der Waals surface area contributed by atoms with Gasteiger partial charge in [0.2, 0.25) is 5.91 Å². The summed E-state index contributed by atoms with van der Waals surface area (Å²) >= 11 is 0. The fraction of sp³-hybridized carbons (Fsp3) is 0.345. The molecule has 0 saturated heterocycles. The second kappa shape index (κ2) is 16.0. The number of nitrogens with zero attached hydrogens (tertiary/aromatic N) is 2. The van der Waals surface area contributed by atoms with E-state index in [0.717, 1.165) is 16.8 Å². The molecule has 0 unspecified atom stereocenters. The average molecular weight is 587 g/mol. The smallest absolute Gasteiger partial charge is 0.412 e. The van der Waals surface area contributed by atoms with Crippen molar-refractivity contribution in [3.05, 3.63) is 71.9 Å². The van der Waals surface area contributed by atoms with Gasteiger partial charge in [-0.1, -0.05) is 36.4 Å². The highest BCUT2D eigenvalue weighted by atomic mass is 19.2. The number of carboxylic acids is 1. The molecule has 3 rings (SSSR count). The topological polar surface area (TPSA) is 147 Å². The van der Waals surface area contributed by atoms with Crippen molar-refractivity contribution in [1.29, 1.82) is 0 Å². The Balaban J connectivity index is 1.62. The number of esters is 1. The quantitative estimate of drug-likeness (QED) is 0.132. The molecule has 1 heterocycles. The van der Waals surface area contributed by atoms with Gasteiger partial charge in [0.15, 0.2) is 11.6 Å². The molecule has 3 aromatic rings. The average Bonchev–Trinajstić information content (AvgIpc) is 2.96. The Morgan fingerprint density at radius 2 is 1.76 bits per heavy atom. The van der Waals surface area contributed by atoms with Gasteiger partial charge >= 0.3 is 18.0 Å². The second-order valence-electron chi connectivity index (χ2n) is 9.34. The fourth-order valence-corrected chi connectivity index (χ4v) is 4.05. The van der Waals surface area contributed by atoms with Gasteiger partial charge in [0, 0.05) is 30.6 Å². The number of fused-ring (bicyclic) bond motifs is 1. The number of hydrazine groups is 1. The highest BCUT2D eigenvalue weighted by molar-refractivity contribution is 5.89. The molecule has 224 valence electrons. The van der Waals surface area contributed by atoms with E-state index in [-0.39, 0.29) is 50.4 Å². The lowest BCUT2D eigenvalue weighted by atomic mass is 10.1. The molecule has 1 atom stereocenters. The fourth-order valence-electron chi connectivity index (χ4n) is 4.05. The van der Waals surface area contributed by atoms with Crippen LogP contribution in [0.1, 0.15) is 44.6 Å². The van der Waals surface area contributed by atoms with E-state index in [2.05, 4.69) is 15.7 Å². The number of carbonyl (C=O) groups excluding carboxylic acids is 3. The van der Waals surface area contributed by atoms with Gasteiger partial charge in [-0.05, 0) is 36.8 Å². The van der Waals surface area contributed by atoms with Crippen LogP contribution in [0.4, 0.5) is 19.4 Å². The van der Waals surface area contributed by atoms with Crippen LogP contribution in [0.15, 0.2) is 54.7 Å². The number of anilines is 1. The van der Waals surface area contributed by atoms with E-state index in [9.17, 15) is 28.0 Å². The Morgan fingerprint density at radius 3 is 2.50 bits per heavy atom. The van der Waals surface area contributed by atoms with Crippen molar-refractivity contribution in [3.63, 3.8) is 0 Å². The maximum Gasteiger partial charge on any atom is 0.412 e. The van der Waals surface area contributed by atoms with Crippen molar-refractivity contribution in [1.82, 2.24) is 15.4 Å². The number of carboxylic acid groups (broad SMARTS) is 1. The van der Waals surface area contributed by atoms with E-state index in [1.807, 2.05) is 24.3 Å². The van der Waals surface area contributed by atoms with Crippen molar-refractivity contribution in [3.8, 4) is 0 Å². The number of pyridine rings is 1. The van der Waals surface area contributed by atoms with Crippen molar-refractivity contribution < 1.29 is 42.5 Å². The summed E-state index contributed by atoms with van der Waals surface area (Å²) in [4.78, 5) is 51.5. The normalized spacial score (nSPS) is 11.5. The number of nitrogens with one attached hydrogen (secondary N) is 2. The predicted molar refractivity (Wildman–Crippen MR) is 148 cm³/mol. The number of amides is 2. The third-order valence-electron chi connectivity index (χ3n) is 6.18. The standard InChI is InChI=1S/C29H32F2N4O7/c1-19(36)35(33-17-22-9-6-11-24(30)28(22)31)23(10-4-5-14-41-27(39)13-12-26(37)38)18-42-29(40)34-25-15-20-7-2-3-8-21(20)16-32-25/h2-3,6-9,11,15-16,23,33H,4-5,10,12-14,17-18H2,1H3,(H,37,38)(H,32,34,40)/t23-/m0/s1. The molecule has 0 bridgehead atoms. The first kappa shape index (κ1) is 31.9. The minimum atomic E-state index is -1.11. The summed E-state index contributed by atoms with van der Waals surface area (Å²) in [5.74, 6) is -4.01. The van der Waals surface area contributed by atoms with Crippen LogP contribution < -0.4 is 10.7 Å². The first-order chi connectivity index (χ1) is 20.1. The molecular weight excluding hydrogens is 554 g/mol. The molecule has 0 saturated carbocycles. The molecule has 0 aliphatic carbocycles. The predicted octanol–water partition coefficient (Wildman–Crippen LogP) is 4.56. The van der Waals surface area contributed by atoms with Gasteiger partial charge < -0.3 is 14.6 Å². The molecule has 13 heteroatoms. The molecule has 0 radical (unpaired) electrons. The Morgan fingerprint density at radius 1 is 1.00 bits per heavy atom. The van der Waals surface area contributed by atoms with E-state index in [4.69, 9.17) is 14.6 Å². The van der Waals surface area contributed by atoms with Crippen LogP contribution in [0, 0.1) is 11.6 Å². The van der Waals surface area contributed by atoms with Crippen LogP contribution in [0.3, 0.4) is 0 Å². The van der Waals surface area contributed by atoms with Crippen LogP contribution in [-0.2, 0) is 30.4 Å². The molecule has 42 heavy (non-hydrogen) atoms. The van der Waals surface area contributed by atoms with Crippen LogP contribution in [-0.4, -0.2) is 58.3 Å². The number of hydrogen-bond donors (Lipinski definition) is 3. The lowest BCUT2D eigenvalue weighted by molar-refractivity contribution is -0.147. The summed E-state index contributed by atoms with van der Waals surface area (Å²) in [5, 5.41) is 14.1. The number of aromatic nitrogens is 1. The van der Waals surface area contributed by atoms with E-state index >= 15 is 0 Å². The summed E-state index contributed by atoms with van der Waals surface area (Å²) in [7, 11) is 0. The number of hydrogen-bond acceptors (Lipinski definition) is 8. The highest BCUT2D eigenvalue weighted by Gasteiger charge is 2.24. The zero-order valence-electron chi connectivity index (χ0n) is 23.0. The van der Waals surface area contributed by atoms with E-state index < -0.39 is 41.6 Å². The maximum atomic E-state index is 14.2. The van der Waals surface area contributed by atoms with Crippen molar-refractivity contribution in [2.75, 3.05) is 18.5 Å². The molecule has 0 fully saturated rings. The molecule has 1 aromatic heterocycles. The first-order valence-electron chi connectivity index (χ1n) is 13.3. The number of carbonyl (C=O) groups is 4. The second-order valence-corrected chi connectivity index (χ2v) is 9.34. The molecule has 2 aromatic carbocycles. The molecule has 0 aliphatic heterocycles. The molecule has 11 nitrogen and oxygen atoms in total. The number of halogens is 2. The number of ether oxygens (including phenoxy) is 2. The Labute approximate surface area is 240 Å². The van der Waals surface area contributed by atoms with Gasteiger partial charge in [-0.2, -0.15) is 0 Å². The van der Waals surface area contributed by atoms with E-state index in [1.165, 1.54) is 24.1 Å². The zero-order chi connectivity index (χ0) is 30.5. The molecular formula is C29H32F2N4O7. The molecule has 3 N–H and O–H groups in total. The zero-order valence-corrected chi connectivity index (χ0v) is 23.0. The lowest BCUT2D eigenvalue weighted by Crippen LogP contribution is -2.50. The van der Waals surface area contributed by atoms with Gasteiger partial charge in [0.05, 0.1) is 25.5 Å². The molecule has 2 amide bonds. The van der Waals surface area contributed by atoms with Gasteiger partial charge in [-0.15, -0.1) is 0 Å². The third kappa shape index (κ3) is 10.1. The van der Waals surface area contributed by atoms with Gasteiger partial charge in [0.1, 0.15) is 12.4 Å². The van der Waals surface area contributed by atoms with Crippen molar-refractivity contribution in [2.24, 2.45) is 0 Å². The monoisotopic (exact) mass is 586 g/mol. The number of aliphatic carboxylic acids is 1. The Kier molecular flexibility index (Phi) is 12.1. The Hall–Kier alpha value is -4.65. The number of benzene rings is 2. The first-order valence-corrected chi connectivity index (χ1v) is 13.3. The minimum absolute atomic E-state index is 0.00527. The lowest BCUT2D eigenvalue weighted by Gasteiger charge is -2.31. The van der Waals surface area contributed by atoms with E-state index in [0.29, 0.717) is 12.8 Å². The van der Waals surface area contributed by atoms with Crippen LogP contribution in [0.5, 0.6) is 0 Å². The number of unbranched alkanes of at least 4 members (excludes halogenated alkanes) is 1. The minimum Gasteiger partial charge on any atom is -0.481 e. The maximum absolute atomic E-state index is 14.2. The molecule has 0 aliphatic rings. The van der Waals surface area contributed by atoms with Crippen molar-refractivity contribution in [2.45, 2.75) is 51.6 Å². The van der Waals surface area contributed by atoms with Crippen molar-refractivity contribution >= 4 is 40.5 Å². The third-order valence-corrected chi connectivity index (χ3v) is 6.18. The largest absolute Gasteiger partial charge is 0.481 e. The summed E-state index contributed by atoms with van der Waals surface area (Å²) in [6, 6.07) is 12.1. The van der Waals surface area contributed by atoms with Crippen LogP contribution in [0.2, 0.25) is 0 Å². The number of rotatable bonds is 15. The summed E-state index contributed by atoms with van der Waals surface area (Å²) in [6.07, 6.45) is 1.31. The SMILES string of the molecule is CC(=O)N(NCc1cccc(F)c1F)[C@@H](CCCCOC(=O)CCC(=O)O)COC(=O)Nc1cc2ccccc2cn1. The summed E-state index contributed by atoms with van der Waals surface area (Å²) < 4.78 is 38.3. The van der Waals surface area contributed by atoms with Gasteiger partial charge in [-0.25, -0.2) is 24.0 Å². The summed E-state index contributed by atoms with van der Waals surface area (Å²) in [6.45, 7) is 0.831. The van der Waals surface area contributed by atoms with Crippen LogP contribution >= 0.6 is 0 Å². The molecule has 0 spiro atoms. The van der Waals surface area contributed by atoms with Gasteiger partial charge in [0.25, 0.3) is 0 Å². The Bertz CT molecular complexity index is 1410. The highest BCUT2D eigenvalue weighted by Crippen LogP contribution is 2.17. The van der Waals surface area contributed by atoms with Crippen LogP contribution in [0.25, 0.3) is 10.8 Å². The van der Waals surface area contributed by atoms with E-state index in [1.54, 1.807) is 12.3 Å². The van der Waals surface area contributed by atoms with Gasteiger partial charge in [-0.3, -0.25) is 24.7 Å². The summed E-state index contributed by atoms with van der Waals surface area (Å²) in [5.41, 5.74) is 2.79.